The van der Waals surface area contributed by atoms with Crippen LogP contribution in [0.5, 0.6) is 5.75 Å². The van der Waals surface area contributed by atoms with E-state index in [2.05, 4.69) is 0 Å². The van der Waals surface area contributed by atoms with E-state index < -0.39 is 5.60 Å². The molecule has 0 bridgehead atoms. The molecule has 0 unspecified atom stereocenters. The van der Waals surface area contributed by atoms with Gasteiger partial charge in [0, 0.05) is 6.42 Å². The molecule has 0 fully saturated rings. The van der Waals surface area contributed by atoms with E-state index in [1.165, 1.54) is 0 Å². The number of rotatable bonds is 5. The molecule has 0 aromatic heterocycles. The summed E-state index contributed by atoms with van der Waals surface area (Å²) in [6.45, 7) is 3.85. The fourth-order valence-corrected chi connectivity index (χ4v) is 1.12. The maximum Gasteiger partial charge on any atom is 0.153 e. The summed E-state index contributed by atoms with van der Waals surface area (Å²) in [4.78, 5) is 10.7. The predicted octanol–water partition coefficient (Wildman–Crippen LogP) is 2.04. The van der Waals surface area contributed by atoms with Crippen molar-refractivity contribution in [2.45, 2.75) is 25.9 Å². The van der Waals surface area contributed by atoms with Crippen LogP contribution in [0.25, 0.3) is 0 Å². The Morgan fingerprint density at radius 3 is 2.67 bits per heavy atom. The monoisotopic (exact) mass is 208 g/mol. The van der Waals surface area contributed by atoms with Crippen LogP contribution >= 0.6 is 0 Å². The van der Waals surface area contributed by atoms with Gasteiger partial charge in [-0.25, -0.2) is 0 Å². The van der Waals surface area contributed by atoms with E-state index >= 15 is 0 Å². The molecule has 1 aromatic rings. The molecule has 0 aliphatic carbocycles. The molecule has 15 heavy (non-hydrogen) atoms. The van der Waals surface area contributed by atoms with E-state index in [4.69, 9.17) is 4.74 Å². The van der Waals surface area contributed by atoms with E-state index in [0.29, 0.717) is 24.3 Å². The van der Waals surface area contributed by atoms with Crippen molar-refractivity contribution >= 4 is 6.29 Å². The molecule has 0 saturated carbocycles. The largest absolute Gasteiger partial charge is 0.493 e. The number of hydrogen-bond acceptors (Lipinski definition) is 3. The average Bonchev–Trinajstić information content (AvgIpc) is 2.16. The topological polar surface area (TPSA) is 46.5 Å². The van der Waals surface area contributed by atoms with Crippen molar-refractivity contribution in [3.63, 3.8) is 0 Å². The number of benzene rings is 1. The Balaban J connectivity index is 2.54. The van der Waals surface area contributed by atoms with Gasteiger partial charge in [-0.1, -0.05) is 12.1 Å². The Kier molecular flexibility index (Phi) is 3.86. The molecule has 0 spiro atoms. The molecule has 0 aliphatic heterocycles. The molecule has 0 heterocycles. The summed E-state index contributed by atoms with van der Waals surface area (Å²) >= 11 is 0. The maximum absolute atomic E-state index is 10.7. The fourth-order valence-electron chi connectivity index (χ4n) is 1.12. The third-order valence-corrected chi connectivity index (χ3v) is 2.02. The Morgan fingerprint density at radius 1 is 1.40 bits per heavy atom. The zero-order chi connectivity index (χ0) is 11.3. The molecule has 0 aliphatic rings. The summed E-state index contributed by atoms with van der Waals surface area (Å²) in [6.07, 6.45) is 1.29. The van der Waals surface area contributed by atoms with Crippen molar-refractivity contribution in [2.75, 3.05) is 6.61 Å². The lowest BCUT2D eigenvalue weighted by Crippen LogP contribution is -2.21. The molecule has 1 rings (SSSR count). The third kappa shape index (κ3) is 4.13. The molecule has 1 N–H and O–H groups in total. The minimum Gasteiger partial charge on any atom is -0.493 e. The van der Waals surface area contributed by atoms with Crippen molar-refractivity contribution in [1.82, 2.24) is 0 Å². The van der Waals surface area contributed by atoms with Crippen LogP contribution in [-0.2, 0) is 0 Å². The number of carbonyl (C=O) groups excluding carboxylic acids is 1. The van der Waals surface area contributed by atoms with Crippen LogP contribution in [0.4, 0.5) is 0 Å². The van der Waals surface area contributed by atoms with E-state index in [-0.39, 0.29) is 0 Å². The quantitative estimate of drug-likeness (QED) is 0.753. The van der Waals surface area contributed by atoms with Crippen LogP contribution in [-0.4, -0.2) is 23.6 Å². The maximum atomic E-state index is 10.7. The number of ether oxygens (including phenoxy) is 1. The average molecular weight is 208 g/mol. The molecule has 0 saturated heterocycles. The highest BCUT2D eigenvalue weighted by atomic mass is 16.5. The molecule has 3 heteroatoms. The number of aliphatic hydroxyl groups is 1. The molecular weight excluding hydrogens is 192 g/mol. The standard InChI is InChI=1S/C12H16O3/c1-12(2,14)7-8-15-11-6-4-3-5-10(11)9-13/h3-6,9,14H,7-8H2,1-2H3. The molecule has 1 aromatic carbocycles. The summed E-state index contributed by atoms with van der Waals surface area (Å²) in [5, 5.41) is 9.47. The lowest BCUT2D eigenvalue weighted by molar-refractivity contribution is 0.0552. The Bertz CT molecular complexity index is 326. The van der Waals surface area contributed by atoms with Gasteiger partial charge in [0.1, 0.15) is 5.75 Å². The Labute approximate surface area is 89.7 Å². The summed E-state index contributed by atoms with van der Waals surface area (Å²) in [5.74, 6) is 0.566. The lowest BCUT2D eigenvalue weighted by atomic mass is 10.1. The van der Waals surface area contributed by atoms with Crippen molar-refractivity contribution in [2.24, 2.45) is 0 Å². The van der Waals surface area contributed by atoms with Crippen LogP contribution in [0.3, 0.4) is 0 Å². The number of para-hydroxylation sites is 1. The van der Waals surface area contributed by atoms with Crippen LogP contribution in [0.1, 0.15) is 30.6 Å². The van der Waals surface area contributed by atoms with Gasteiger partial charge in [-0.3, -0.25) is 4.79 Å². The Hall–Kier alpha value is -1.35. The number of hydrogen-bond donors (Lipinski definition) is 1. The first-order chi connectivity index (χ1) is 7.03. The van der Waals surface area contributed by atoms with Crippen LogP contribution in [0.2, 0.25) is 0 Å². The molecule has 3 nitrogen and oxygen atoms in total. The second-order valence-electron chi connectivity index (χ2n) is 4.07. The summed E-state index contributed by atoms with van der Waals surface area (Å²) in [7, 11) is 0. The van der Waals surface area contributed by atoms with Crippen molar-refractivity contribution < 1.29 is 14.6 Å². The van der Waals surface area contributed by atoms with Gasteiger partial charge in [0.25, 0.3) is 0 Å². The molecule has 0 amide bonds. The van der Waals surface area contributed by atoms with Crippen molar-refractivity contribution in [3.8, 4) is 5.75 Å². The lowest BCUT2D eigenvalue weighted by Gasteiger charge is -2.17. The molecule has 0 radical (unpaired) electrons. The number of carbonyl (C=O) groups is 1. The van der Waals surface area contributed by atoms with Gasteiger partial charge >= 0.3 is 0 Å². The van der Waals surface area contributed by atoms with Gasteiger partial charge in [-0.15, -0.1) is 0 Å². The highest BCUT2D eigenvalue weighted by Crippen LogP contribution is 2.17. The van der Waals surface area contributed by atoms with Crippen LogP contribution < -0.4 is 4.74 Å². The fraction of sp³-hybridized carbons (Fsp3) is 0.417. The Morgan fingerprint density at radius 2 is 2.07 bits per heavy atom. The van der Waals surface area contributed by atoms with Gasteiger partial charge in [0.2, 0.25) is 0 Å². The van der Waals surface area contributed by atoms with E-state index in [9.17, 15) is 9.90 Å². The normalized spacial score (nSPS) is 11.1. The van der Waals surface area contributed by atoms with Gasteiger partial charge in [0.05, 0.1) is 17.8 Å². The first-order valence-corrected chi connectivity index (χ1v) is 4.92. The van der Waals surface area contributed by atoms with Crippen molar-refractivity contribution in [1.29, 1.82) is 0 Å². The predicted molar refractivity (Wildman–Crippen MR) is 58.2 cm³/mol. The summed E-state index contributed by atoms with van der Waals surface area (Å²) < 4.78 is 5.41. The first kappa shape index (κ1) is 11.7. The first-order valence-electron chi connectivity index (χ1n) is 4.92. The number of aldehydes is 1. The molecule has 0 atom stereocenters. The zero-order valence-electron chi connectivity index (χ0n) is 9.06. The minimum absolute atomic E-state index is 0.397. The highest BCUT2D eigenvalue weighted by Gasteiger charge is 2.12. The molecular formula is C12H16O3. The third-order valence-electron chi connectivity index (χ3n) is 2.02. The smallest absolute Gasteiger partial charge is 0.153 e. The van der Waals surface area contributed by atoms with E-state index in [1.807, 2.05) is 6.07 Å². The van der Waals surface area contributed by atoms with Gasteiger partial charge in [-0.05, 0) is 26.0 Å². The van der Waals surface area contributed by atoms with Crippen LogP contribution in [0.15, 0.2) is 24.3 Å². The van der Waals surface area contributed by atoms with Gasteiger partial charge in [0.15, 0.2) is 6.29 Å². The van der Waals surface area contributed by atoms with Gasteiger partial charge in [-0.2, -0.15) is 0 Å². The van der Waals surface area contributed by atoms with Gasteiger partial charge < -0.3 is 9.84 Å². The second kappa shape index (κ2) is 4.94. The SMILES string of the molecule is CC(C)(O)CCOc1ccccc1C=O. The summed E-state index contributed by atoms with van der Waals surface area (Å²) in [6, 6.07) is 7.04. The minimum atomic E-state index is -0.740. The second-order valence-corrected chi connectivity index (χ2v) is 4.07. The summed E-state index contributed by atoms with van der Waals surface area (Å²) in [5.41, 5.74) is -0.205. The van der Waals surface area contributed by atoms with Crippen LogP contribution in [0, 0.1) is 0 Å². The highest BCUT2D eigenvalue weighted by molar-refractivity contribution is 5.79. The molecule has 82 valence electrons. The van der Waals surface area contributed by atoms with E-state index in [0.717, 1.165) is 6.29 Å². The zero-order valence-corrected chi connectivity index (χ0v) is 9.06. The van der Waals surface area contributed by atoms with E-state index in [1.54, 1.807) is 32.0 Å². The van der Waals surface area contributed by atoms with Crippen molar-refractivity contribution in [3.05, 3.63) is 29.8 Å².